The number of rotatable bonds is 1. The van der Waals surface area contributed by atoms with E-state index in [4.69, 9.17) is 5.73 Å². The summed E-state index contributed by atoms with van der Waals surface area (Å²) >= 11 is 0. The largest absolute Gasteiger partial charge is 0.330 e. The van der Waals surface area contributed by atoms with Gasteiger partial charge in [-0.05, 0) is 32.5 Å². The SMILES string of the molecule is NCC1CCNCCC1F. The topological polar surface area (TPSA) is 38.0 Å². The quantitative estimate of drug-likeness (QED) is 0.557. The van der Waals surface area contributed by atoms with Gasteiger partial charge in [-0.15, -0.1) is 0 Å². The van der Waals surface area contributed by atoms with E-state index in [1.165, 1.54) is 0 Å². The van der Waals surface area contributed by atoms with Crippen LogP contribution in [-0.2, 0) is 0 Å². The fraction of sp³-hybridized carbons (Fsp3) is 1.00. The van der Waals surface area contributed by atoms with Gasteiger partial charge in [0.25, 0.3) is 0 Å². The number of halogens is 1. The third kappa shape index (κ3) is 1.92. The van der Waals surface area contributed by atoms with Gasteiger partial charge < -0.3 is 11.1 Å². The number of hydrogen-bond donors (Lipinski definition) is 2. The minimum Gasteiger partial charge on any atom is -0.330 e. The second-order valence-corrected chi connectivity index (χ2v) is 2.84. The summed E-state index contributed by atoms with van der Waals surface area (Å²) in [4.78, 5) is 0. The van der Waals surface area contributed by atoms with E-state index in [2.05, 4.69) is 5.32 Å². The summed E-state index contributed by atoms with van der Waals surface area (Å²) in [7, 11) is 0. The van der Waals surface area contributed by atoms with Crippen molar-refractivity contribution in [2.45, 2.75) is 19.0 Å². The highest BCUT2D eigenvalue weighted by Crippen LogP contribution is 2.15. The first-order chi connectivity index (χ1) is 4.84. The number of nitrogens with two attached hydrogens (primary N) is 1. The van der Waals surface area contributed by atoms with Crippen molar-refractivity contribution in [1.82, 2.24) is 5.32 Å². The molecule has 0 amide bonds. The number of alkyl halides is 1. The van der Waals surface area contributed by atoms with Crippen LogP contribution in [0.4, 0.5) is 4.39 Å². The molecule has 2 nitrogen and oxygen atoms in total. The van der Waals surface area contributed by atoms with Crippen molar-refractivity contribution in [3.63, 3.8) is 0 Å². The first-order valence-electron chi connectivity index (χ1n) is 3.89. The molecule has 0 aromatic carbocycles. The fourth-order valence-electron chi connectivity index (χ4n) is 1.33. The van der Waals surface area contributed by atoms with Gasteiger partial charge in [0, 0.05) is 5.92 Å². The summed E-state index contributed by atoms with van der Waals surface area (Å²) in [5.74, 6) is 0.0926. The average Bonchev–Trinajstić information content (AvgIpc) is 2.13. The molecule has 0 saturated carbocycles. The standard InChI is InChI=1S/C7H15FN2/c8-7-2-4-10-3-1-6(7)5-9/h6-7,10H,1-5,9H2. The Labute approximate surface area is 61.0 Å². The zero-order valence-corrected chi connectivity index (χ0v) is 6.15. The molecule has 0 aromatic rings. The molecule has 0 spiro atoms. The van der Waals surface area contributed by atoms with Gasteiger partial charge in [0.15, 0.2) is 0 Å². The van der Waals surface area contributed by atoms with Crippen LogP contribution in [0.25, 0.3) is 0 Å². The number of hydrogen-bond acceptors (Lipinski definition) is 2. The normalized spacial score (nSPS) is 35.4. The van der Waals surface area contributed by atoms with Crippen molar-refractivity contribution in [2.75, 3.05) is 19.6 Å². The smallest absolute Gasteiger partial charge is 0.105 e. The highest BCUT2D eigenvalue weighted by atomic mass is 19.1. The minimum atomic E-state index is -0.681. The van der Waals surface area contributed by atoms with E-state index >= 15 is 0 Å². The number of nitrogens with one attached hydrogen (secondary N) is 1. The Morgan fingerprint density at radius 2 is 2.10 bits per heavy atom. The maximum atomic E-state index is 13.0. The molecular formula is C7H15FN2. The summed E-state index contributed by atoms with van der Waals surface area (Å²) in [6.07, 6.45) is 0.833. The van der Waals surface area contributed by atoms with Crippen LogP contribution in [0.3, 0.4) is 0 Å². The highest BCUT2D eigenvalue weighted by Gasteiger charge is 2.20. The molecule has 1 aliphatic rings. The van der Waals surface area contributed by atoms with Gasteiger partial charge in [-0.2, -0.15) is 0 Å². The van der Waals surface area contributed by atoms with Crippen LogP contribution in [0.1, 0.15) is 12.8 Å². The van der Waals surface area contributed by atoms with Crippen molar-refractivity contribution in [3.8, 4) is 0 Å². The third-order valence-electron chi connectivity index (χ3n) is 2.10. The van der Waals surface area contributed by atoms with Crippen molar-refractivity contribution >= 4 is 0 Å². The summed E-state index contributed by atoms with van der Waals surface area (Å²) in [5, 5.41) is 3.15. The van der Waals surface area contributed by atoms with E-state index in [1.54, 1.807) is 0 Å². The van der Waals surface area contributed by atoms with Crippen LogP contribution in [0, 0.1) is 5.92 Å². The predicted molar refractivity (Wildman–Crippen MR) is 39.5 cm³/mol. The summed E-state index contributed by atoms with van der Waals surface area (Å²) in [5.41, 5.74) is 5.40. The Hall–Kier alpha value is -0.150. The minimum absolute atomic E-state index is 0.0926. The van der Waals surface area contributed by atoms with E-state index in [1.807, 2.05) is 0 Å². The molecule has 1 rings (SSSR count). The van der Waals surface area contributed by atoms with Crippen LogP contribution in [0.15, 0.2) is 0 Å². The van der Waals surface area contributed by atoms with Gasteiger partial charge in [-0.25, -0.2) is 4.39 Å². The molecule has 1 heterocycles. The lowest BCUT2D eigenvalue weighted by Gasteiger charge is -2.14. The van der Waals surface area contributed by atoms with Gasteiger partial charge in [0.05, 0.1) is 0 Å². The molecule has 2 atom stereocenters. The lowest BCUT2D eigenvalue weighted by atomic mass is 9.99. The third-order valence-corrected chi connectivity index (χ3v) is 2.10. The molecule has 0 bridgehead atoms. The van der Waals surface area contributed by atoms with Gasteiger partial charge in [0.1, 0.15) is 6.17 Å². The van der Waals surface area contributed by atoms with Crippen LogP contribution in [0.2, 0.25) is 0 Å². The van der Waals surface area contributed by atoms with E-state index in [0.717, 1.165) is 19.5 Å². The zero-order valence-electron chi connectivity index (χ0n) is 6.15. The second kappa shape index (κ2) is 3.88. The van der Waals surface area contributed by atoms with Crippen LogP contribution in [-0.4, -0.2) is 25.8 Å². The van der Waals surface area contributed by atoms with E-state index in [-0.39, 0.29) is 5.92 Å². The molecule has 1 aliphatic heterocycles. The Bertz CT molecular complexity index is 97.6. The molecule has 0 radical (unpaired) electrons. The Morgan fingerprint density at radius 3 is 2.80 bits per heavy atom. The van der Waals surface area contributed by atoms with Crippen LogP contribution >= 0.6 is 0 Å². The van der Waals surface area contributed by atoms with E-state index in [0.29, 0.717) is 13.0 Å². The molecule has 3 N–H and O–H groups in total. The summed E-state index contributed by atoms with van der Waals surface area (Å²) in [6.45, 7) is 2.21. The lowest BCUT2D eigenvalue weighted by Crippen LogP contribution is -2.24. The first kappa shape index (κ1) is 7.95. The molecule has 3 heteroatoms. The van der Waals surface area contributed by atoms with Gasteiger partial charge in [-0.3, -0.25) is 0 Å². The molecule has 60 valence electrons. The molecule has 2 unspecified atom stereocenters. The summed E-state index contributed by atoms with van der Waals surface area (Å²) in [6, 6.07) is 0. The first-order valence-corrected chi connectivity index (χ1v) is 3.89. The average molecular weight is 146 g/mol. The lowest BCUT2D eigenvalue weighted by molar-refractivity contribution is 0.225. The van der Waals surface area contributed by atoms with Crippen LogP contribution < -0.4 is 11.1 Å². The fourth-order valence-corrected chi connectivity index (χ4v) is 1.33. The Kier molecular flexibility index (Phi) is 3.09. The Balaban J connectivity index is 2.35. The zero-order chi connectivity index (χ0) is 7.40. The van der Waals surface area contributed by atoms with Gasteiger partial charge >= 0.3 is 0 Å². The molecular weight excluding hydrogens is 131 g/mol. The molecule has 10 heavy (non-hydrogen) atoms. The van der Waals surface area contributed by atoms with Crippen molar-refractivity contribution in [3.05, 3.63) is 0 Å². The van der Waals surface area contributed by atoms with Gasteiger partial charge in [0.2, 0.25) is 0 Å². The van der Waals surface area contributed by atoms with Crippen molar-refractivity contribution < 1.29 is 4.39 Å². The van der Waals surface area contributed by atoms with Crippen LogP contribution in [0.5, 0.6) is 0 Å². The molecule has 0 aromatic heterocycles. The van der Waals surface area contributed by atoms with Gasteiger partial charge in [-0.1, -0.05) is 0 Å². The predicted octanol–water partition coefficient (Wildman–Crippen LogP) is 0.283. The maximum absolute atomic E-state index is 13.0. The van der Waals surface area contributed by atoms with Crippen molar-refractivity contribution in [1.29, 1.82) is 0 Å². The molecule has 0 aliphatic carbocycles. The molecule has 1 fully saturated rings. The monoisotopic (exact) mass is 146 g/mol. The summed E-state index contributed by atoms with van der Waals surface area (Å²) < 4.78 is 13.0. The van der Waals surface area contributed by atoms with Crippen molar-refractivity contribution in [2.24, 2.45) is 11.7 Å². The highest BCUT2D eigenvalue weighted by molar-refractivity contribution is 4.75. The van der Waals surface area contributed by atoms with E-state index in [9.17, 15) is 4.39 Å². The maximum Gasteiger partial charge on any atom is 0.105 e. The van der Waals surface area contributed by atoms with E-state index < -0.39 is 6.17 Å². The Morgan fingerprint density at radius 1 is 1.40 bits per heavy atom. The second-order valence-electron chi connectivity index (χ2n) is 2.84. The molecule has 1 saturated heterocycles.